The molecule has 0 radical (unpaired) electrons. The van der Waals surface area contributed by atoms with Crippen LogP contribution in [-0.4, -0.2) is 0 Å². The van der Waals surface area contributed by atoms with E-state index in [9.17, 15) is 0 Å². The summed E-state index contributed by atoms with van der Waals surface area (Å²) in [5.41, 5.74) is 6.85. The van der Waals surface area contributed by atoms with E-state index >= 15 is 0 Å². The van der Waals surface area contributed by atoms with Crippen LogP contribution in [0.2, 0.25) is 5.02 Å². The number of nitrogens with one attached hydrogen (secondary N) is 1. The highest BCUT2D eigenvalue weighted by Crippen LogP contribution is 2.54. The lowest BCUT2D eigenvalue weighted by atomic mass is 9.75. The monoisotopic (exact) mass is 331 g/mol. The molecule has 0 bridgehead atoms. The summed E-state index contributed by atoms with van der Waals surface area (Å²) in [5, 5.41) is 4.60. The minimum absolute atomic E-state index is 0.331. The van der Waals surface area contributed by atoms with Crippen LogP contribution in [0.15, 0.2) is 72.8 Å². The first-order valence-corrected chi connectivity index (χ1v) is 8.88. The van der Waals surface area contributed by atoms with Gasteiger partial charge in [-0.1, -0.05) is 66.2 Å². The van der Waals surface area contributed by atoms with Gasteiger partial charge in [0.05, 0.1) is 6.04 Å². The fourth-order valence-corrected chi connectivity index (χ4v) is 4.70. The van der Waals surface area contributed by atoms with Crippen LogP contribution < -0.4 is 5.32 Å². The lowest BCUT2D eigenvalue weighted by molar-refractivity contribution is 0.421. The van der Waals surface area contributed by atoms with Gasteiger partial charge < -0.3 is 5.32 Å². The van der Waals surface area contributed by atoms with Crippen molar-refractivity contribution < 1.29 is 0 Å². The molecule has 0 amide bonds. The molecule has 1 N–H and O–H groups in total. The van der Waals surface area contributed by atoms with Gasteiger partial charge in [-0.05, 0) is 52.8 Å². The molecule has 1 aliphatic heterocycles. The van der Waals surface area contributed by atoms with Crippen molar-refractivity contribution in [1.82, 2.24) is 0 Å². The molecule has 0 saturated carbocycles. The zero-order valence-corrected chi connectivity index (χ0v) is 14.0. The maximum Gasteiger partial charge on any atom is 0.0554 e. The zero-order chi connectivity index (χ0) is 16.1. The lowest BCUT2D eigenvalue weighted by Gasteiger charge is -2.38. The van der Waals surface area contributed by atoms with Crippen molar-refractivity contribution in [2.24, 2.45) is 5.92 Å². The molecule has 0 saturated heterocycles. The molecular weight excluding hydrogens is 314 g/mol. The molecule has 24 heavy (non-hydrogen) atoms. The number of halogens is 1. The third-order valence-corrected chi connectivity index (χ3v) is 5.76. The molecule has 0 aromatic heterocycles. The highest BCUT2D eigenvalue weighted by atomic mass is 35.5. The van der Waals surface area contributed by atoms with Gasteiger partial charge in [0.1, 0.15) is 0 Å². The van der Waals surface area contributed by atoms with Gasteiger partial charge in [0.15, 0.2) is 0 Å². The van der Waals surface area contributed by atoms with Gasteiger partial charge in [0.2, 0.25) is 0 Å². The van der Waals surface area contributed by atoms with Crippen LogP contribution >= 0.6 is 11.6 Å². The third kappa shape index (κ3) is 2.08. The van der Waals surface area contributed by atoms with Gasteiger partial charge in [0.25, 0.3) is 0 Å². The fraction of sp³-hybridized carbons (Fsp3) is 0.182. The summed E-state index contributed by atoms with van der Waals surface area (Å²) in [4.78, 5) is 0. The van der Waals surface area contributed by atoms with Crippen LogP contribution in [0.5, 0.6) is 0 Å². The van der Waals surface area contributed by atoms with Crippen LogP contribution in [0.3, 0.4) is 0 Å². The Hall–Kier alpha value is -2.25. The Morgan fingerprint density at radius 1 is 0.833 bits per heavy atom. The molecule has 0 unspecified atom stereocenters. The summed E-state index contributed by atoms with van der Waals surface area (Å²) >= 11 is 6.32. The van der Waals surface area contributed by atoms with E-state index in [0.29, 0.717) is 17.9 Å². The number of benzene rings is 3. The molecule has 3 atom stereocenters. The highest BCUT2D eigenvalue weighted by Gasteiger charge is 2.43. The van der Waals surface area contributed by atoms with Gasteiger partial charge >= 0.3 is 0 Å². The Morgan fingerprint density at radius 3 is 2.50 bits per heavy atom. The highest BCUT2D eigenvalue weighted by molar-refractivity contribution is 6.30. The van der Waals surface area contributed by atoms with Gasteiger partial charge in [-0.3, -0.25) is 0 Å². The van der Waals surface area contributed by atoms with Crippen molar-refractivity contribution in [2.75, 3.05) is 5.32 Å². The Kier molecular flexibility index (Phi) is 3.17. The standard InChI is InChI=1S/C22H18ClN/c23-16-10-11-20-18(13-16)21-17-9-5-4-8-15(17)12-19(21)22(24-20)14-6-2-1-3-7-14/h1-11,13,19,21-22,24H,12H2/t19-,21-,22-/m0/s1. The predicted octanol–water partition coefficient (Wildman–Crippen LogP) is 5.81. The quantitative estimate of drug-likeness (QED) is 0.593. The van der Waals surface area contributed by atoms with Gasteiger partial charge in [-0.15, -0.1) is 0 Å². The first kappa shape index (κ1) is 14.1. The third-order valence-electron chi connectivity index (χ3n) is 5.52. The van der Waals surface area contributed by atoms with Gasteiger partial charge in [-0.25, -0.2) is 0 Å². The Bertz CT molecular complexity index is 903. The molecule has 3 aromatic rings. The van der Waals surface area contributed by atoms with E-state index in [2.05, 4.69) is 72.0 Å². The second kappa shape index (κ2) is 5.39. The maximum atomic E-state index is 6.32. The van der Waals surface area contributed by atoms with E-state index in [1.165, 1.54) is 27.9 Å². The van der Waals surface area contributed by atoms with Gasteiger partial charge in [0, 0.05) is 16.6 Å². The summed E-state index contributed by atoms with van der Waals surface area (Å²) in [6, 6.07) is 26.3. The van der Waals surface area contributed by atoms with E-state index in [1.807, 2.05) is 6.07 Å². The topological polar surface area (TPSA) is 12.0 Å². The minimum atomic E-state index is 0.331. The maximum absolute atomic E-state index is 6.32. The fourth-order valence-electron chi connectivity index (χ4n) is 4.52. The van der Waals surface area contributed by atoms with Crippen molar-refractivity contribution in [2.45, 2.75) is 18.4 Å². The summed E-state index contributed by atoms with van der Waals surface area (Å²) in [5.74, 6) is 0.942. The molecule has 2 heteroatoms. The van der Waals surface area contributed by atoms with Gasteiger partial charge in [-0.2, -0.15) is 0 Å². The molecule has 0 fully saturated rings. The van der Waals surface area contributed by atoms with Crippen molar-refractivity contribution >= 4 is 17.3 Å². The van der Waals surface area contributed by atoms with Crippen LogP contribution in [0.1, 0.15) is 34.2 Å². The molecule has 2 aliphatic rings. The van der Waals surface area contributed by atoms with Crippen molar-refractivity contribution in [3.63, 3.8) is 0 Å². The first-order valence-electron chi connectivity index (χ1n) is 8.50. The molecule has 1 nitrogen and oxygen atoms in total. The minimum Gasteiger partial charge on any atom is -0.378 e. The lowest BCUT2D eigenvalue weighted by Crippen LogP contribution is -2.30. The number of anilines is 1. The number of hydrogen-bond donors (Lipinski definition) is 1. The summed E-state index contributed by atoms with van der Waals surface area (Å²) in [7, 11) is 0. The Balaban J connectivity index is 1.70. The van der Waals surface area contributed by atoms with E-state index in [4.69, 9.17) is 11.6 Å². The Labute approximate surface area is 147 Å². The molecule has 3 aromatic carbocycles. The summed E-state index contributed by atoms with van der Waals surface area (Å²) in [6.07, 6.45) is 1.11. The predicted molar refractivity (Wildman–Crippen MR) is 99.7 cm³/mol. The molecule has 0 spiro atoms. The average Bonchev–Trinajstić information content (AvgIpc) is 3.02. The average molecular weight is 332 g/mol. The SMILES string of the molecule is Clc1ccc2c(c1)[C@@H]1c3ccccc3C[C@@H]1[C@H](c1ccccc1)N2. The zero-order valence-electron chi connectivity index (χ0n) is 13.2. The molecule has 1 heterocycles. The molecular formula is C22H18ClN. The van der Waals surface area contributed by atoms with Crippen LogP contribution in [-0.2, 0) is 6.42 Å². The number of hydrogen-bond acceptors (Lipinski definition) is 1. The summed E-state index contributed by atoms with van der Waals surface area (Å²) < 4.78 is 0. The second-order valence-corrected chi connectivity index (χ2v) is 7.25. The smallest absolute Gasteiger partial charge is 0.0554 e. The van der Waals surface area contributed by atoms with Crippen molar-refractivity contribution in [3.8, 4) is 0 Å². The number of fused-ring (bicyclic) bond motifs is 5. The molecule has 1 aliphatic carbocycles. The van der Waals surface area contributed by atoms with Crippen molar-refractivity contribution in [3.05, 3.63) is 100 Å². The van der Waals surface area contributed by atoms with E-state index in [0.717, 1.165) is 11.4 Å². The second-order valence-electron chi connectivity index (χ2n) is 6.81. The molecule has 118 valence electrons. The number of rotatable bonds is 1. The van der Waals surface area contributed by atoms with Crippen LogP contribution in [0, 0.1) is 5.92 Å². The largest absolute Gasteiger partial charge is 0.378 e. The van der Waals surface area contributed by atoms with Crippen LogP contribution in [0.25, 0.3) is 0 Å². The van der Waals surface area contributed by atoms with Crippen molar-refractivity contribution in [1.29, 1.82) is 0 Å². The first-order chi connectivity index (χ1) is 11.8. The summed E-state index contributed by atoms with van der Waals surface area (Å²) in [6.45, 7) is 0. The Morgan fingerprint density at radius 2 is 1.62 bits per heavy atom. The molecule has 5 rings (SSSR count). The normalized spacial score (nSPS) is 23.8. The van der Waals surface area contributed by atoms with E-state index in [-0.39, 0.29) is 0 Å². The van der Waals surface area contributed by atoms with E-state index < -0.39 is 0 Å². The van der Waals surface area contributed by atoms with E-state index in [1.54, 1.807) is 0 Å². The van der Waals surface area contributed by atoms with Crippen LogP contribution in [0.4, 0.5) is 5.69 Å².